The van der Waals surface area contributed by atoms with Gasteiger partial charge in [0.1, 0.15) is 0 Å². The van der Waals surface area contributed by atoms with Crippen molar-refractivity contribution in [3.63, 3.8) is 0 Å². The summed E-state index contributed by atoms with van der Waals surface area (Å²) < 4.78 is 0. The predicted molar refractivity (Wildman–Crippen MR) is 46.4 cm³/mol. The summed E-state index contributed by atoms with van der Waals surface area (Å²) in [5, 5.41) is 17.7. The zero-order valence-electron chi connectivity index (χ0n) is 7.58. The second kappa shape index (κ2) is 6.62. The molecule has 0 spiro atoms. The van der Waals surface area contributed by atoms with E-state index in [4.69, 9.17) is 5.11 Å². The lowest BCUT2D eigenvalue weighted by Crippen LogP contribution is -2.10. The van der Waals surface area contributed by atoms with E-state index in [-0.39, 0.29) is 12.7 Å². The first kappa shape index (κ1) is 10.9. The van der Waals surface area contributed by atoms with Crippen LogP contribution in [0.15, 0.2) is 0 Å². The third-order valence-corrected chi connectivity index (χ3v) is 2.15. The number of aliphatic hydroxyl groups is 2. The van der Waals surface area contributed by atoms with Gasteiger partial charge in [-0.05, 0) is 25.2 Å². The molecule has 0 aliphatic rings. The fourth-order valence-electron chi connectivity index (χ4n) is 0.974. The molecule has 0 aliphatic heterocycles. The monoisotopic (exact) mass is 160 g/mol. The molecule has 0 rings (SSSR count). The zero-order valence-corrected chi connectivity index (χ0v) is 7.58. The van der Waals surface area contributed by atoms with Gasteiger partial charge in [0.05, 0.1) is 6.10 Å². The third-order valence-electron chi connectivity index (χ3n) is 2.15. The van der Waals surface area contributed by atoms with Crippen molar-refractivity contribution >= 4 is 0 Å². The maximum Gasteiger partial charge on any atom is 0.0562 e. The molecule has 2 N–H and O–H groups in total. The molecule has 0 heterocycles. The summed E-state index contributed by atoms with van der Waals surface area (Å²) >= 11 is 0. The summed E-state index contributed by atoms with van der Waals surface area (Å²) in [6.07, 6.45) is 3.30. The minimum atomic E-state index is -0.297. The van der Waals surface area contributed by atoms with Crippen LogP contribution in [0.25, 0.3) is 0 Å². The highest BCUT2D eigenvalue weighted by molar-refractivity contribution is 4.58. The maximum atomic E-state index is 9.23. The van der Waals surface area contributed by atoms with Gasteiger partial charge in [-0.15, -0.1) is 0 Å². The highest BCUT2D eigenvalue weighted by Gasteiger charge is 2.05. The maximum absolute atomic E-state index is 9.23. The first-order valence-electron chi connectivity index (χ1n) is 4.49. The van der Waals surface area contributed by atoms with Gasteiger partial charge in [-0.1, -0.05) is 20.3 Å². The van der Waals surface area contributed by atoms with Crippen molar-refractivity contribution in [2.45, 2.75) is 45.6 Å². The molecule has 2 atom stereocenters. The standard InChI is InChI=1S/C9H20O2/c1-3-8(2)4-5-9(11)6-7-10/h8-11H,3-7H2,1-2H3. The van der Waals surface area contributed by atoms with Crippen molar-refractivity contribution in [3.8, 4) is 0 Å². The Morgan fingerprint density at radius 2 is 1.82 bits per heavy atom. The SMILES string of the molecule is CCC(C)CCC(O)CCO. The molecule has 0 aromatic carbocycles. The number of hydrogen-bond donors (Lipinski definition) is 2. The zero-order chi connectivity index (χ0) is 8.69. The van der Waals surface area contributed by atoms with E-state index in [0.717, 1.165) is 12.8 Å². The second-order valence-corrected chi connectivity index (χ2v) is 3.26. The Kier molecular flexibility index (Phi) is 6.57. The molecule has 0 bridgehead atoms. The van der Waals surface area contributed by atoms with Gasteiger partial charge in [0.15, 0.2) is 0 Å². The van der Waals surface area contributed by atoms with Crippen molar-refractivity contribution in [2.75, 3.05) is 6.61 Å². The molecule has 0 aromatic heterocycles. The third kappa shape index (κ3) is 6.32. The summed E-state index contributed by atoms with van der Waals surface area (Å²) in [6, 6.07) is 0. The normalized spacial score (nSPS) is 16.4. The van der Waals surface area contributed by atoms with Gasteiger partial charge in [0.25, 0.3) is 0 Å². The van der Waals surface area contributed by atoms with E-state index >= 15 is 0 Å². The van der Waals surface area contributed by atoms with E-state index in [1.807, 2.05) is 0 Å². The van der Waals surface area contributed by atoms with Gasteiger partial charge < -0.3 is 10.2 Å². The Bertz CT molecular complexity index is 83.6. The topological polar surface area (TPSA) is 40.5 Å². The van der Waals surface area contributed by atoms with Crippen LogP contribution in [0.3, 0.4) is 0 Å². The summed E-state index contributed by atoms with van der Waals surface area (Å²) in [5.74, 6) is 0.698. The van der Waals surface area contributed by atoms with Gasteiger partial charge in [-0.25, -0.2) is 0 Å². The number of hydrogen-bond acceptors (Lipinski definition) is 2. The van der Waals surface area contributed by atoms with Gasteiger partial charge in [-0.2, -0.15) is 0 Å². The van der Waals surface area contributed by atoms with Crippen molar-refractivity contribution in [1.82, 2.24) is 0 Å². The van der Waals surface area contributed by atoms with Crippen molar-refractivity contribution in [2.24, 2.45) is 5.92 Å². The van der Waals surface area contributed by atoms with Crippen LogP contribution in [0.4, 0.5) is 0 Å². The Hall–Kier alpha value is -0.0800. The lowest BCUT2D eigenvalue weighted by Gasteiger charge is -2.11. The van der Waals surface area contributed by atoms with E-state index in [1.54, 1.807) is 0 Å². The number of aliphatic hydroxyl groups excluding tert-OH is 2. The van der Waals surface area contributed by atoms with Crippen LogP contribution < -0.4 is 0 Å². The first-order chi connectivity index (χ1) is 5.20. The summed E-state index contributed by atoms with van der Waals surface area (Å²) in [4.78, 5) is 0. The highest BCUT2D eigenvalue weighted by atomic mass is 16.3. The van der Waals surface area contributed by atoms with Crippen LogP contribution >= 0.6 is 0 Å². The number of rotatable bonds is 6. The molecule has 11 heavy (non-hydrogen) atoms. The summed E-state index contributed by atoms with van der Waals surface area (Å²) in [6.45, 7) is 4.44. The summed E-state index contributed by atoms with van der Waals surface area (Å²) in [5.41, 5.74) is 0. The van der Waals surface area contributed by atoms with Crippen molar-refractivity contribution < 1.29 is 10.2 Å². The van der Waals surface area contributed by atoms with Gasteiger partial charge in [-0.3, -0.25) is 0 Å². The van der Waals surface area contributed by atoms with Crippen LogP contribution in [-0.2, 0) is 0 Å². The second-order valence-electron chi connectivity index (χ2n) is 3.26. The molecule has 0 aromatic rings. The van der Waals surface area contributed by atoms with Crippen LogP contribution in [0.1, 0.15) is 39.5 Å². The van der Waals surface area contributed by atoms with Crippen molar-refractivity contribution in [3.05, 3.63) is 0 Å². The van der Waals surface area contributed by atoms with E-state index in [1.165, 1.54) is 6.42 Å². The van der Waals surface area contributed by atoms with Crippen molar-refractivity contribution in [1.29, 1.82) is 0 Å². The Balaban J connectivity index is 3.22. The van der Waals surface area contributed by atoms with Crippen LogP contribution in [0.2, 0.25) is 0 Å². The van der Waals surface area contributed by atoms with Crippen LogP contribution in [0.5, 0.6) is 0 Å². The predicted octanol–water partition coefficient (Wildman–Crippen LogP) is 1.56. The quantitative estimate of drug-likeness (QED) is 0.619. The molecule has 2 heteroatoms. The molecule has 0 amide bonds. The average molecular weight is 160 g/mol. The largest absolute Gasteiger partial charge is 0.396 e. The van der Waals surface area contributed by atoms with Crippen LogP contribution in [-0.4, -0.2) is 22.9 Å². The Labute approximate surface area is 69.2 Å². The van der Waals surface area contributed by atoms with Gasteiger partial charge >= 0.3 is 0 Å². The smallest absolute Gasteiger partial charge is 0.0562 e. The molecule has 0 saturated heterocycles. The lowest BCUT2D eigenvalue weighted by atomic mass is 10.00. The molecule has 0 aliphatic carbocycles. The Morgan fingerprint density at radius 1 is 1.18 bits per heavy atom. The van der Waals surface area contributed by atoms with Gasteiger partial charge in [0, 0.05) is 6.61 Å². The lowest BCUT2D eigenvalue weighted by molar-refractivity contribution is 0.118. The fourth-order valence-corrected chi connectivity index (χ4v) is 0.974. The molecule has 0 radical (unpaired) electrons. The van der Waals surface area contributed by atoms with E-state index in [9.17, 15) is 5.11 Å². The highest BCUT2D eigenvalue weighted by Crippen LogP contribution is 2.12. The molecular formula is C9H20O2. The average Bonchev–Trinajstić information content (AvgIpc) is 2.01. The molecule has 0 saturated carbocycles. The Morgan fingerprint density at radius 3 is 2.27 bits per heavy atom. The molecule has 68 valence electrons. The van der Waals surface area contributed by atoms with Crippen LogP contribution in [0, 0.1) is 5.92 Å². The summed E-state index contributed by atoms with van der Waals surface area (Å²) in [7, 11) is 0. The van der Waals surface area contributed by atoms with E-state index in [2.05, 4.69) is 13.8 Å². The van der Waals surface area contributed by atoms with E-state index < -0.39 is 0 Å². The molecular weight excluding hydrogens is 140 g/mol. The molecule has 2 unspecified atom stereocenters. The molecule has 0 fully saturated rings. The first-order valence-corrected chi connectivity index (χ1v) is 4.49. The van der Waals surface area contributed by atoms with Gasteiger partial charge in [0.2, 0.25) is 0 Å². The fraction of sp³-hybridized carbons (Fsp3) is 1.00. The minimum Gasteiger partial charge on any atom is -0.396 e. The molecule has 2 nitrogen and oxygen atoms in total. The minimum absolute atomic E-state index is 0.0989. The van der Waals surface area contributed by atoms with E-state index in [0.29, 0.717) is 12.3 Å².